The maximum Gasteiger partial charge on any atom is 1.00 e. The Hall–Kier alpha value is -1.000. The zero-order valence-electron chi connectivity index (χ0n) is 10.7. The Kier molecular flexibility index (Phi) is 5.88. The summed E-state index contributed by atoms with van der Waals surface area (Å²) in [7, 11) is 0. The number of carboxylic acid groups (broad SMARTS) is 1. The number of nitrogens with one attached hydrogen (secondary N) is 1. The Morgan fingerprint density at radius 3 is 2.42 bits per heavy atom. The van der Waals surface area contributed by atoms with Crippen molar-refractivity contribution in [3.63, 3.8) is 0 Å². The smallest absolute Gasteiger partial charge is 0.545 e. The summed E-state index contributed by atoms with van der Waals surface area (Å²) in [5, 5.41) is 14.6. The van der Waals surface area contributed by atoms with Crippen LogP contribution >= 0.6 is 11.6 Å². The average Bonchev–Trinajstić information content (AvgIpc) is 2.35. The van der Waals surface area contributed by atoms with E-state index in [-0.39, 0.29) is 35.1 Å². The van der Waals surface area contributed by atoms with E-state index >= 15 is 0 Å². The zero-order valence-corrected chi connectivity index (χ0v) is 13.5. The van der Waals surface area contributed by atoms with Gasteiger partial charge in [0.15, 0.2) is 0 Å². The molecule has 0 saturated carbocycles. The summed E-state index contributed by atoms with van der Waals surface area (Å²) >= 11 is 6.15. The fraction of sp³-hybridized carbons (Fsp3) is 0.0714. The van der Waals surface area contributed by atoms with Crippen molar-refractivity contribution >= 4 is 28.9 Å². The molecular weight excluding hydrogens is 273 g/mol. The molecule has 0 saturated heterocycles. The minimum Gasteiger partial charge on any atom is -0.545 e. The van der Waals surface area contributed by atoms with Gasteiger partial charge >= 0.3 is 29.6 Å². The Morgan fingerprint density at radius 2 is 1.74 bits per heavy atom. The largest absolute Gasteiger partial charge is 1.00 e. The predicted molar refractivity (Wildman–Crippen MR) is 70.2 cm³/mol. The third-order valence-electron chi connectivity index (χ3n) is 2.61. The maximum absolute atomic E-state index is 11.0. The summed E-state index contributed by atoms with van der Waals surface area (Å²) in [6.07, 6.45) is 0. The first-order valence-electron chi connectivity index (χ1n) is 5.42. The molecule has 0 fully saturated rings. The van der Waals surface area contributed by atoms with Crippen molar-refractivity contribution in [3.8, 4) is 0 Å². The number of para-hydroxylation sites is 1. The number of hydrogen-bond donors (Lipinski definition) is 1. The predicted octanol–water partition coefficient (Wildman–Crippen LogP) is -0.240. The zero-order chi connectivity index (χ0) is 13.1. The van der Waals surface area contributed by atoms with Gasteiger partial charge in [0.05, 0.1) is 16.7 Å². The molecule has 2 rings (SSSR count). The first kappa shape index (κ1) is 16.1. The van der Waals surface area contributed by atoms with E-state index in [4.69, 9.17) is 11.6 Å². The normalized spacial score (nSPS) is 9.58. The molecule has 3 nitrogen and oxygen atoms in total. The molecule has 5 heteroatoms. The van der Waals surface area contributed by atoms with Gasteiger partial charge in [-0.3, -0.25) is 0 Å². The summed E-state index contributed by atoms with van der Waals surface area (Å²) in [6, 6.07) is 12.1. The molecule has 0 radical (unpaired) electrons. The molecule has 92 valence electrons. The van der Waals surface area contributed by atoms with Gasteiger partial charge in [0.25, 0.3) is 0 Å². The second kappa shape index (κ2) is 6.96. The van der Waals surface area contributed by atoms with Gasteiger partial charge in [0, 0.05) is 11.3 Å². The number of carbonyl (C=O) groups is 1. The molecule has 0 aliphatic heterocycles. The number of carbonyl (C=O) groups excluding carboxylic acids is 1. The van der Waals surface area contributed by atoms with Crippen molar-refractivity contribution in [1.82, 2.24) is 0 Å². The summed E-state index contributed by atoms with van der Waals surface area (Å²) < 4.78 is 0. The van der Waals surface area contributed by atoms with Crippen molar-refractivity contribution < 1.29 is 39.5 Å². The van der Waals surface area contributed by atoms with E-state index < -0.39 is 5.97 Å². The van der Waals surface area contributed by atoms with Crippen LogP contribution in [0, 0.1) is 6.92 Å². The molecule has 0 spiro atoms. The number of aryl methyl sites for hydroxylation is 1. The Balaban J connectivity index is 0.00000180. The van der Waals surface area contributed by atoms with Crippen LogP contribution in [-0.2, 0) is 0 Å². The van der Waals surface area contributed by atoms with Gasteiger partial charge < -0.3 is 15.2 Å². The van der Waals surface area contributed by atoms with E-state index in [1.807, 2.05) is 19.1 Å². The van der Waals surface area contributed by atoms with Gasteiger partial charge in [-0.15, -0.1) is 0 Å². The molecule has 2 aromatic carbocycles. The topological polar surface area (TPSA) is 52.2 Å². The van der Waals surface area contributed by atoms with Crippen molar-refractivity contribution in [2.24, 2.45) is 0 Å². The fourth-order valence-corrected chi connectivity index (χ4v) is 1.83. The van der Waals surface area contributed by atoms with Crippen LogP contribution in [0.25, 0.3) is 0 Å². The number of aromatic carboxylic acids is 1. The average molecular weight is 284 g/mol. The van der Waals surface area contributed by atoms with E-state index in [9.17, 15) is 9.90 Å². The number of halogens is 1. The molecule has 0 aliphatic rings. The minimum absolute atomic E-state index is 0. The first-order valence-corrected chi connectivity index (χ1v) is 5.80. The number of carboxylic acids is 1. The van der Waals surface area contributed by atoms with E-state index in [2.05, 4.69) is 5.32 Å². The van der Waals surface area contributed by atoms with E-state index in [0.717, 1.165) is 5.56 Å². The molecule has 19 heavy (non-hydrogen) atoms. The van der Waals surface area contributed by atoms with Crippen molar-refractivity contribution in [2.75, 3.05) is 5.32 Å². The summed E-state index contributed by atoms with van der Waals surface area (Å²) in [6.45, 7) is 1.89. The van der Waals surface area contributed by atoms with Crippen LogP contribution < -0.4 is 40.0 Å². The molecule has 0 amide bonds. The quantitative estimate of drug-likeness (QED) is 0.791. The maximum atomic E-state index is 11.0. The van der Waals surface area contributed by atoms with Crippen LogP contribution in [-0.4, -0.2) is 5.97 Å². The molecule has 0 bridgehead atoms. The van der Waals surface area contributed by atoms with Crippen LogP contribution in [0.4, 0.5) is 11.4 Å². The van der Waals surface area contributed by atoms with Crippen molar-refractivity contribution in [1.29, 1.82) is 0 Å². The van der Waals surface area contributed by atoms with Crippen LogP contribution in [0.1, 0.15) is 15.9 Å². The third kappa shape index (κ3) is 3.74. The summed E-state index contributed by atoms with van der Waals surface area (Å²) in [4.78, 5) is 11.0. The Labute approximate surface area is 138 Å². The molecule has 0 heterocycles. The molecule has 0 aromatic heterocycles. The standard InChI is InChI=1S/C14H12ClNO2.Na/c1-9-5-4-8-12(13(9)15)16-11-7-3-2-6-10(11)14(17)18;/h2-8,16H,1H3,(H,17,18);/q;+1/p-1. The molecule has 0 atom stereocenters. The molecule has 0 unspecified atom stereocenters. The first-order chi connectivity index (χ1) is 8.59. The van der Waals surface area contributed by atoms with Gasteiger partial charge in [-0.1, -0.05) is 41.9 Å². The van der Waals surface area contributed by atoms with Crippen molar-refractivity contribution in [3.05, 3.63) is 58.6 Å². The fourth-order valence-electron chi connectivity index (χ4n) is 1.66. The number of rotatable bonds is 3. The van der Waals surface area contributed by atoms with Crippen LogP contribution in [0.5, 0.6) is 0 Å². The van der Waals surface area contributed by atoms with Crippen LogP contribution in [0.2, 0.25) is 5.02 Å². The molecule has 1 N–H and O–H groups in total. The number of benzene rings is 2. The molecular formula is C14H11ClNNaO2. The number of anilines is 2. The van der Waals surface area contributed by atoms with E-state index in [1.165, 1.54) is 6.07 Å². The van der Waals surface area contributed by atoms with Crippen LogP contribution in [0.3, 0.4) is 0 Å². The summed E-state index contributed by atoms with van der Waals surface area (Å²) in [5.41, 5.74) is 2.16. The summed E-state index contributed by atoms with van der Waals surface area (Å²) in [5.74, 6) is -1.22. The van der Waals surface area contributed by atoms with Gasteiger partial charge in [0.2, 0.25) is 0 Å². The van der Waals surface area contributed by atoms with E-state index in [1.54, 1.807) is 24.3 Å². The second-order valence-electron chi connectivity index (χ2n) is 3.89. The monoisotopic (exact) mass is 283 g/mol. The molecule has 0 aliphatic carbocycles. The van der Waals surface area contributed by atoms with Gasteiger partial charge in [0.1, 0.15) is 0 Å². The van der Waals surface area contributed by atoms with Crippen LogP contribution in [0.15, 0.2) is 42.5 Å². The second-order valence-corrected chi connectivity index (χ2v) is 4.27. The molecule has 2 aromatic rings. The van der Waals surface area contributed by atoms with E-state index in [0.29, 0.717) is 16.4 Å². The number of hydrogen-bond acceptors (Lipinski definition) is 3. The Bertz CT molecular complexity index is 602. The van der Waals surface area contributed by atoms with Gasteiger partial charge in [-0.2, -0.15) is 0 Å². The Morgan fingerprint density at radius 1 is 1.11 bits per heavy atom. The van der Waals surface area contributed by atoms with Gasteiger partial charge in [-0.25, -0.2) is 0 Å². The SMILES string of the molecule is Cc1cccc(Nc2ccccc2C(=O)[O-])c1Cl.[Na+]. The van der Waals surface area contributed by atoms with Crippen molar-refractivity contribution in [2.45, 2.75) is 6.92 Å². The minimum atomic E-state index is -1.22. The van der Waals surface area contributed by atoms with Gasteiger partial charge in [-0.05, 0) is 24.6 Å². The third-order valence-corrected chi connectivity index (χ3v) is 3.11.